The van der Waals surface area contributed by atoms with E-state index in [2.05, 4.69) is 29.9 Å². The normalized spacial score (nSPS) is 12.3. The van der Waals surface area contributed by atoms with Crippen molar-refractivity contribution < 1.29 is 26.3 Å². The van der Waals surface area contributed by atoms with Crippen LogP contribution in [0.3, 0.4) is 0 Å². The Labute approximate surface area is 221 Å². The van der Waals surface area contributed by atoms with Gasteiger partial charge in [-0.05, 0) is 24.6 Å². The number of imidazole rings is 2. The van der Waals surface area contributed by atoms with E-state index in [0.29, 0.717) is 16.6 Å². The summed E-state index contributed by atoms with van der Waals surface area (Å²) in [6, 6.07) is 9.50. The largest absolute Gasteiger partial charge is 0.435 e. The molecule has 0 unspecified atom stereocenters. The Balaban J connectivity index is 1.46. The van der Waals surface area contributed by atoms with Crippen LogP contribution in [0.4, 0.5) is 32.2 Å². The summed E-state index contributed by atoms with van der Waals surface area (Å²) in [6.07, 6.45) is -6.33. The van der Waals surface area contributed by atoms with Crippen LogP contribution in [0.2, 0.25) is 0 Å². The molecule has 0 atom stereocenters. The van der Waals surface area contributed by atoms with Gasteiger partial charge in [0.05, 0.1) is 18.3 Å². The van der Waals surface area contributed by atoms with Crippen LogP contribution in [0.15, 0.2) is 53.6 Å². The molecule has 4 aromatic heterocycles. The van der Waals surface area contributed by atoms with Crippen molar-refractivity contribution in [3.63, 3.8) is 0 Å². The van der Waals surface area contributed by atoms with Crippen molar-refractivity contribution in [2.24, 2.45) is 0 Å². The topological polar surface area (TPSA) is 108 Å². The van der Waals surface area contributed by atoms with Crippen molar-refractivity contribution in [1.29, 1.82) is 0 Å². The number of hydrogen-bond acceptors (Lipinski definition) is 6. The van der Waals surface area contributed by atoms with E-state index in [0.717, 1.165) is 4.90 Å². The summed E-state index contributed by atoms with van der Waals surface area (Å²) in [5.41, 5.74) is 0.232. The molecule has 5 aromatic rings. The first-order valence-corrected chi connectivity index (χ1v) is 11.7. The Kier molecular flexibility index (Phi) is 6.59. The summed E-state index contributed by atoms with van der Waals surface area (Å²) in [7, 11) is 1.25. The lowest BCUT2D eigenvalue weighted by atomic mass is 10.1. The van der Waals surface area contributed by atoms with Gasteiger partial charge in [-0.2, -0.15) is 26.3 Å². The minimum atomic E-state index is -4.58. The molecule has 0 saturated heterocycles. The number of aromatic nitrogens is 7. The van der Waals surface area contributed by atoms with Crippen molar-refractivity contribution in [1.82, 2.24) is 34.5 Å². The lowest BCUT2D eigenvalue weighted by molar-refractivity contribution is -0.141. The van der Waals surface area contributed by atoms with E-state index >= 15 is 0 Å². The average molecular weight is 562 g/mol. The molecule has 208 valence electrons. The number of fused-ring (bicyclic) bond motifs is 1. The number of rotatable bonds is 6. The zero-order valence-corrected chi connectivity index (χ0v) is 20.9. The zero-order chi connectivity index (χ0) is 28.8. The van der Waals surface area contributed by atoms with E-state index in [-0.39, 0.29) is 40.9 Å². The Bertz CT molecular complexity index is 1730. The van der Waals surface area contributed by atoms with Crippen LogP contribution in [-0.4, -0.2) is 54.2 Å². The van der Waals surface area contributed by atoms with Gasteiger partial charge in [-0.3, -0.25) is 4.57 Å². The summed E-state index contributed by atoms with van der Waals surface area (Å²) < 4.78 is 79.6. The highest BCUT2D eigenvalue weighted by molar-refractivity contribution is 5.77. The quantitative estimate of drug-likeness (QED) is 0.284. The molecule has 5 rings (SSSR count). The minimum Gasteiger partial charge on any atom is -0.350 e. The number of halogens is 6. The summed E-state index contributed by atoms with van der Waals surface area (Å²) in [5, 5.41) is 0. The lowest BCUT2D eigenvalue weighted by Crippen LogP contribution is -2.31. The van der Waals surface area contributed by atoms with E-state index in [1.807, 2.05) is 0 Å². The molecule has 0 radical (unpaired) electrons. The predicted octanol–water partition coefficient (Wildman–Crippen LogP) is 4.95. The summed E-state index contributed by atoms with van der Waals surface area (Å²) in [6.45, 7) is 0.101. The smallest absolute Gasteiger partial charge is 0.350 e. The third-order valence-electron chi connectivity index (χ3n) is 6.04. The summed E-state index contributed by atoms with van der Waals surface area (Å²) >= 11 is 0. The van der Waals surface area contributed by atoms with Gasteiger partial charge in [0.25, 0.3) is 0 Å². The predicted molar refractivity (Wildman–Crippen MR) is 134 cm³/mol. The number of H-pyrrole nitrogens is 2. The molecule has 2 N–H and O–H groups in total. The fourth-order valence-electron chi connectivity index (χ4n) is 4.27. The van der Waals surface area contributed by atoms with Crippen LogP contribution in [0, 0.1) is 6.92 Å². The molecule has 9 nitrogen and oxygen atoms in total. The van der Waals surface area contributed by atoms with Crippen LogP contribution < -0.4 is 10.6 Å². The Morgan fingerprint density at radius 3 is 2.35 bits per heavy atom. The van der Waals surface area contributed by atoms with Crippen molar-refractivity contribution in [2.45, 2.75) is 25.8 Å². The van der Waals surface area contributed by atoms with Gasteiger partial charge in [0.2, 0.25) is 0 Å². The van der Waals surface area contributed by atoms with Gasteiger partial charge in [0, 0.05) is 24.5 Å². The summed E-state index contributed by atoms with van der Waals surface area (Å²) in [5.74, 6) is 0.142. The number of alkyl halides is 6. The molecule has 0 aliphatic rings. The number of anilines is 1. The van der Waals surface area contributed by atoms with Gasteiger partial charge >= 0.3 is 18.0 Å². The first kappa shape index (κ1) is 26.9. The highest BCUT2D eigenvalue weighted by Crippen LogP contribution is 2.32. The number of aryl methyl sites for hydroxylation is 1. The van der Waals surface area contributed by atoms with E-state index in [4.69, 9.17) is 0 Å². The number of nitrogens with one attached hydrogen (secondary N) is 2. The maximum absolute atomic E-state index is 13.1. The highest BCUT2D eigenvalue weighted by Gasteiger charge is 2.36. The third kappa shape index (κ3) is 5.39. The molecule has 0 aliphatic heterocycles. The highest BCUT2D eigenvalue weighted by atomic mass is 19.4. The molecule has 4 heterocycles. The molecule has 40 heavy (non-hydrogen) atoms. The Hall–Kier alpha value is -4.69. The van der Waals surface area contributed by atoms with Gasteiger partial charge < -0.3 is 14.9 Å². The first-order chi connectivity index (χ1) is 18.8. The van der Waals surface area contributed by atoms with Crippen LogP contribution >= 0.6 is 0 Å². The van der Waals surface area contributed by atoms with Crippen molar-refractivity contribution in [2.75, 3.05) is 18.5 Å². The molecule has 0 saturated carbocycles. The third-order valence-corrected chi connectivity index (χ3v) is 6.04. The van der Waals surface area contributed by atoms with Gasteiger partial charge in [0.15, 0.2) is 17.2 Å². The van der Waals surface area contributed by atoms with Crippen molar-refractivity contribution in [3.8, 4) is 22.8 Å². The molecule has 0 spiro atoms. The molecule has 0 aliphatic carbocycles. The van der Waals surface area contributed by atoms with E-state index < -0.39 is 30.3 Å². The van der Waals surface area contributed by atoms with Crippen molar-refractivity contribution in [3.05, 3.63) is 76.2 Å². The monoisotopic (exact) mass is 562 g/mol. The number of hydrogen-bond donors (Lipinski definition) is 2. The SMILES string of the molecule is Cc1[nH]c(-c2ccc(Cn3c(=O)[nH]c4cnc(-c5cccnc5N(C)CC(F)(F)F)nc43)cc2)nc1C(F)(F)F. The fourth-order valence-corrected chi connectivity index (χ4v) is 4.27. The standard InChI is InChI=1S/C25H20F6N8O/c1-13-18(25(29,30)31)36-19(34-13)15-7-5-14(6-8-15)11-39-22-17(35-23(39)40)10-33-20(37-22)16-4-3-9-32-21(16)38(2)12-24(26,27)28/h3-10H,11-12H2,1-2H3,(H,34,36)(H,35,40). The second-order valence-electron chi connectivity index (χ2n) is 9.05. The average Bonchev–Trinajstić information content (AvgIpc) is 3.43. The summed E-state index contributed by atoms with van der Waals surface area (Å²) in [4.78, 5) is 35.3. The van der Waals surface area contributed by atoms with Gasteiger partial charge in [-0.25, -0.2) is 24.7 Å². The van der Waals surface area contributed by atoms with Gasteiger partial charge in [0.1, 0.15) is 23.7 Å². The van der Waals surface area contributed by atoms with Gasteiger partial charge in [-0.15, -0.1) is 0 Å². The molecule has 0 fully saturated rings. The molecular weight excluding hydrogens is 542 g/mol. The van der Waals surface area contributed by atoms with Crippen LogP contribution in [0.1, 0.15) is 17.0 Å². The molecule has 0 amide bonds. The number of benzene rings is 1. The second-order valence-corrected chi connectivity index (χ2v) is 9.05. The second kappa shape index (κ2) is 9.81. The fraction of sp³-hybridized carbons (Fsp3) is 0.240. The number of aromatic amines is 2. The maximum Gasteiger partial charge on any atom is 0.435 e. The molecular formula is C25H20F6N8O. The number of nitrogens with zero attached hydrogens (tertiary/aromatic N) is 6. The van der Waals surface area contributed by atoms with Crippen LogP contribution in [0.25, 0.3) is 33.9 Å². The molecule has 1 aromatic carbocycles. The Morgan fingerprint density at radius 1 is 0.975 bits per heavy atom. The first-order valence-electron chi connectivity index (χ1n) is 11.7. The van der Waals surface area contributed by atoms with E-state index in [1.165, 1.54) is 43.1 Å². The van der Waals surface area contributed by atoms with E-state index in [1.54, 1.807) is 24.3 Å². The zero-order valence-electron chi connectivity index (χ0n) is 20.9. The molecule has 0 bridgehead atoms. The number of pyridine rings is 1. The van der Waals surface area contributed by atoms with Crippen molar-refractivity contribution >= 4 is 17.0 Å². The van der Waals surface area contributed by atoms with E-state index in [9.17, 15) is 31.1 Å². The van der Waals surface area contributed by atoms with Crippen LogP contribution in [-0.2, 0) is 12.7 Å². The Morgan fingerprint density at radius 2 is 1.70 bits per heavy atom. The van der Waals surface area contributed by atoms with Gasteiger partial charge in [-0.1, -0.05) is 24.3 Å². The minimum absolute atomic E-state index is 0.0149. The molecule has 15 heteroatoms. The van der Waals surface area contributed by atoms with Crippen LogP contribution in [0.5, 0.6) is 0 Å². The maximum atomic E-state index is 13.1. The lowest BCUT2D eigenvalue weighted by Gasteiger charge is -2.21.